The molecule has 0 aliphatic carbocycles. The lowest BCUT2D eigenvalue weighted by Crippen LogP contribution is -2.02. The van der Waals surface area contributed by atoms with E-state index in [1.165, 1.54) is 6.07 Å². The molecule has 0 fully saturated rings. The number of aromatic amines is 1. The molecule has 0 bridgehead atoms. The van der Waals surface area contributed by atoms with Gasteiger partial charge in [-0.15, -0.1) is 0 Å². The first-order valence-corrected chi connectivity index (χ1v) is 4.31. The van der Waals surface area contributed by atoms with Crippen LogP contribution in [0.15, 0.2) is 36.5 Å². The Morgan fingerprint density at radius 1 is 1.13 bits per heavy atom. The van der Waals surface area contributed by atoms with Gasteiger partial charge in [0.15, 0.2) is 11.6 Å². The first-order chi connectivity index (χ1) is 7.18. The van der Waals surface area contributed by atoms with Crippen LogP contribution in [0, 0.1) is 11.6 Å². The van der Waals surface area contributed by atoms with Crippen LogP contribution in [0.4, 0.5) is 8.78 Å². The molecular formula is C11H7F2NO. The molecule has 4 heteroatoms. The molecule has 2 aromatic rings. The number of carbonyl (C=O) groups is 1. The molecule has 1 heterocycles. The molecule has 0 spiro atoms. The predicted molar refractivity (Wildman–Crippen MR) is 50.6 cm³/mol. The van der Waals surface area contributed by atoms with Gasteiger partial charge >= 0.3 is 0 Å². The van der Waals surface area contributed by atoms with Crippen LogP contribution in [0.1, 0.15) is 16.1 Å². The second kappa shape index (κ2) is 3.65. The molecule has 2 nitrogen and oxygen atoms in total. The molecule has 15 heavy (non-hydrogen) atoms. The van der Waals surface area contributed by atoms with E-state index in [-0.39, 0.29) is 11.3 Å². The van der Waals surface area contributed by atoms with Gasteiger partial charge in [0.05, 0.1) is 5.69 Å². The highest BCUT2D eigenvalue weighted by atomic mass is 19.2. The Balaban J connectivity index is 2.39. The minimum Gasteiger partial charge on any atom is -0.359 e. The lowest BCUT2D eigenvalue weighted by molar-refractivity contribution is 0.103. The van der Waals surface area contributed by atoms with E-state index in [2.05, 4.69) is 4.98 Å². The second-order valence-corrected chi connectivity index (χ2v) is 3.04. The summed E-state index contributed by atoms with van der Waals surface area (Å²) in [5.41, 5.74) is 0.470. The van der Waals surface area contributed by atoms with Crippen molar-refractivity contribution in [2.75, 3.05) is 0 Å². The molecule has 1 aromatic heterocycles. The van der Waals surface area contributed by atoms with Crippen molar-refractivity contribution in [2.45, 2.75) is 0 Å². The third-order valence-electron chi connectivity index (χ3n) is 2.02. The summed E-state index contributed by atoms with van der Waals surface area (Å²) in [4.78, 5) is 14.4. The van der Waals surface area contributed by atoms with Crippen molar-refractivity contribution < 1.29 is 13.6 Å². The number of halogens is 2. The Hall–Kier alpha value is -1.97. The Bertz CT molecular complexity index is 491. The van der Waals surface area contributed by atoms with Gasteiger partial charge in [0.25, 0.3) is 0 Å². The molecular weight excluding hydrogens is 200 g/mol. The molecule has 0 amide bonds. The molecule has 2 rings (SSSR count). The Morgan fingerprint density at radius 2 is 1.93 bits per heavy atom. The smallest absolute Gasteiger partial charge is 0.209 e. The van der Waals surface area contributed by atoms with E-state index in [4.69, 9.17) is 0 Å². The van der Waals surface area contributed by atoms with Crippen molar-refractivity contribution in [3.63, 3.8) is 0 Å². The van der Waals surface area contributed by atoms with Crippen LogP contribution in [0.25, 0.3) is 0 Å². The topological polar surface area (TPSA) is 32.9 Å². The van der Waals surface area contributed by atoms with Crippen LogP contribution in [0.3, 0.4) is 0 Å². The van der Waals surface area contributed by atoms with Gasteiger partial charge in [-0.3, -0.25) is 4.79 Å². The number of H-pyrrole nitrogens is 1. The minimum absolute atomic E-state index is 0.122. The molecule has 1 aromatic carbocycles. The first kappa shape index (κ1) is 9.58. The summed E-state index contributed by atoms with van der Waals surface area (Å²) in [6.07, 6.45) is 1.59. The van der Waals surface area contributed by atoms with E-state index in [9.17, 15) is 13.6 Å². The van der Waals surface area contributed by atoms with Crippen molar-refractivity contribution in [3.8, 4) is 0 Å². The van der Waals surface area contributed by atoms with E-state index in [0.717, 1.165) is 12.1 Å². The van der Waals surface area contributed by atoms with Crippen LogP contribution < -0.4 is 0 Å². The highest BCUT2D eigenvalue weighted by molar-refractivity contribution is 6.07. The standard InChI is InChI=1S/C11H7F2NO/c12-8-4-3-7(6-9(8)13)11(15)10-2-1-5-14-10/h1-6,14H. The number of aromatic nitrogens is 1. The zero-order valence-corrected chi connectivity index (χ0v) is 7.63. The summed E-state index contributed by atoms with van der Waals surface area (Å²) < 4.78 is 25.5. The normalized spacial score (nSPS) is 10.3. The summed E-state index contributed by atoms with van der Waals surface area (Å²) >= 11 is 0. The number of benzene rings is 1. The van der Waals surface area contributed by atoms with Crippen molar-refractivity contribution >= 4 is 5.78 Å². The van der Waals surface area contributed by atoms with E-state index >= 15 is 0 Å². The van der Waals surface area contributed by atoms with Crippen LogP contribution in [-0.2, 0) is 0 Å². The van der Waals surface area contributed by atoms with E-state index in [0.29, 0.717) is 5.69 Å². The lowest BCUT2D eigenvalue weighted by Gasteiger charge is -1.99. The fourth-order valence-electron chi connectivity index (χ4n) is 1.26. The largest absolute Gasteiger partial charge is 0.359 e. The maximum Gasteiger partial charge on any atom is 0.209 e. The Labute approximate surface area is 84.6 Å². The van der Waals surface area contributed by atoms with Crippen LogP contribution in [0.2, 0.25) is 0 Å². The number of ketones is 1. The van der Waals surface area contributed by atoms with Crippen LogP contribution in [0.5, 0.6) is 0 Å². The Morgan fingerprint density at radius 3 is 2.53 bits per heavy atom. The number of hydrogen-bond donors (Lipinski definition) is 1. The second-order valence-electron chi connectivity index (χ2n) is 3.04. The van der Waals surface area contributed by atoms with Crippen molar-refractivity contribution in [3.05, 3.63) is 59.4 Å². The highest BCUT2D eigenvalue weighted by Crippen LogP contribution is 2.12. The molecule has 0 unspecified atom stereocenters. The van der Waals surface area contributed by atoms with Gasteiger partial charge in [0.2, 0.25) is 5.78 Å². The predicted octanol–water partition coefficient (Wildman–Crippen LogP) is 2.52. The summed E-state index contributed by atoms with van der Waals surface area (Å²) in [6, 6.07) is 6.31. The van der Waals surface area contributed by atoms with Gasteiger partial charge < -0.3 is 4.98 Å². The molecule has 1 N–H and O–H groups in total. The number of carbonyl (C=O) groups excluding carboxylic acids is 1. The summed E-state index contributed by atoms with van der Waals surface area (Å²) in [5.74, 6) is -2.34. The number of nitrogens with one attached hydrogen (secondary N) is 1. The average molecular weight is 207 g/mol. The first-order valence-electron chi connectivity index (χ1n) is 4.31. The summed E-state index contributed by atoms with van der Waals surface area (Å²) in [7, 11) is 0. The van der Waals surface area contributed by atoms with Crippen molar-refractivity contribution in [1.29, 1.82) is 0 Å². The van der Waals surface area contributed by atoms with Crippen LogP contribution in [-0.4, -0.2) is 10.8 Å². The molecule has 0 saturated heterocycles. The number of rotatable bonds is 2. The zero-order valence-electron chi connectivity index (χ0n) is 7.63. The maximum absolute atomic E-state index is 12.8. The summed E-state index contributed by atoms with van der Waals surface area (Å²) in [5, 5.41) is 0. The molecule has 0 saturated carbocycles. The van der Waals surface area contributed by atoms with Gasteiger partial charge in [-0.1, -0.05) is 0 Å². The van der Waals surface area contributed by atoms with Crippen molar-refractivity contribution in [2.24, 2.45) is 0 Å². The monoisotopic (exact) mass is 207 g/mol. The molecule has 76 valence electrons. The van der Waals surface area contributed by atoms with Crippen LogP contribution >= 0.6 is 0 Å². The Kier molecular flexibility index (Phi) is 2.33. The quantitative estimate of drug-likeness (QED) is 0.754. The molecule has 0 radical (unpaired) electrons. The third-order valence-corrected chi connectivity index (χ3v) is 2.02. The minimum atomic E-state index is -1.02. The fraction of sp³-hybridized carbons (Fsp3) is 0. The highest BCUT2D eigenvalue weighted by Gasteiger charge is 2.11. The van der Waals surface area contributed by atoms with Gasteiger partial charge in [0, 0.05) is 11.8 Å². The average Bonchev–Trinajstić information content (AvgIpc) is 2.74. The SMILES string of the molecule is O=C(c1ccc(F)c(F)c1)c1ccc[nH]1. The van der Waals surface area contributed by atoms with Gasteiger partial charge in [-0.05, 0) is 30.3 Å². The fourth-order valence-corrected chi connectivity index (χ4v) is 1.26. The molecule has 0 aliphatic heterocycles. The van der Waals surface area contributed by atoms with Crippen molar-refractivity contribution in [1.82, 2.24) is 4.98 Å². The summed E-state index contributed by atoms with van der Waals surface area (Å²) in [6.45, 7) is 0. The molecule has 0 atom stereocenters. The van der Waals surface area contributed by atoms with Gasteiger partial charge in [-0.2, -0.15) is 0 Å². The maximum atomic E-state index is 12.8. The van der Waals surface area contributed by atoms with E-state index in [1.54, 1.807) is 18.3 Å². The third kappa shape index (κ3) is 1.79. The van der Waals surface area contributed by atoms with Gasteiger partial charge in [-0.25, -0.2) is 8.78 Å². The van der Waals surface area contributed by atoms with Gasteiger partial charge in [0.1, 0.15) is 0 Å². The molecule has 0 aliphatic rings. The van der Waals surface area contributed by atoms with E-state index < -0.39 is 11.6 Å². The lowest BCUT2D eigenvalue weighted by atomic mass is 10.1. The van der Waals surface area contributed by atoms with E-state index in [1.807, 2.05) is 0 Å². The zero-order chi connectivity index (χ0) is 10.8. The number of hydrogen-bond acceptors (Lipinski definition) is 1.